The van der Waals surface area contributed by atoms with E-state index in [1.807, 2.05) is 91.0 Å². The van der Waals surface area contributed by atoms with Crippen molar-refractivity contribution in [3.8, 4) is 0 Å². The lowest BCUT2D eigenvalue weighted by Crippen LogP contribution is -2.10. The SMILES string of the molecule is C=C(C(=O)O)c1ccc(C=Cc2ccc(N(C=C(c3ccc(Cl)cc3)c3ccc(Cl)cc3)c3ccccc3)cc2)cc1. The van der Waals surface area contributed by atoms with Gasteiger partial charge in [-0.2, -0.15) is 0 Å². The Morgan fingerprint density at radius 3 is 1.50 bits per heavy atom. The molecule has 5 aromatic carbocycles. The van der Waals surface area contributed by atoms with E-state index in [0.717, 1.165) is 39.2 Å². The minimum absolute atomic E-state index is 0.0772. The summed E-state index contributed by atoms with van der Waals surface area (Å²) in [7, 11) is 0. The summed E-state index contributed by atoms with van der Waals surface area (Å²) in [5.41, 5.74) is 7.75. The summed E-state index contributed by atoms with van der Waals surface area (Å²) >= 11 is 12.4. The van der Waals surface area contributed by atoms with E-state index in [0.29, 0.717) is 15.6 Å². The third-order valence-corrected chi connectivity index (χ3v) is 7.26. The number of anilines is 2. The largest absolute Gasteiger partial charge is 0.478 e. The molecule has 0 unspecified atom stereocenters. The number of halogens is 2. The summed E-state index contributed by atoms with van der Waals surface area (Å²) in [5.74, 6) is -1.02. The van der Waals surface area contributed by atoms with Crippen LogP contribution in [0.4, 0.5) is 11.4 Å². The molecule has 3 nitrogen and oxygen atoms in total. The Morgan fingerprint density at radius 1 is 0.595 bits per heavy atom. The molecule has 42 heavy (non-hydrogen) atoms. The van der Waals surface area contributed by atoms with E-state index < -0.39 is 5.97 Å². The van der Waals surface area contributed by atoms with Crippen LogP contribution in [0.25, 0.3) is 23.3 Å². The average molecular weight is 589 g/mol. The average Bonchev–Trinajstić information content (AvgIpc) is 3.02. The van der Waals surface area contributed by atoms with Gasteiger partial charge in [-0.05, 0) is 76.3 Å². The minimum Gasteiger partial charge on any atom is -0.478 e. The number of carboxylic acid groups (broad SMARTS) is 1. The van der Waals surface area contributed by atoms with E-state index in [2.05, 4.69) is 54.1 Å². The molecule has 206 valence electrons. The van der Waals surface area contributed by atoms with Crippen molar-refractivity contribution < 1.29 is 9.90 Å². The fraction of sp³-hybridized carbons (Fsp3) is 0. The van der Waals surface area contributed by atoms with Crippen LogP contribution >= 0.6 is 23.2 Å². The molecular formula is C37H27Cl2NO2. The molecule has 0 aliphatic heterocycles. The van der Waals surface area contributed by atoms with E-state index in [4.69, 9.17) is 28.3 Å². The first kappa shape index (κ1) is 28.7. The highest BCUT2D eigenvalue weighted by Gasteiger charge is 2.12. The van der Waals surface area contributed by atoms with Gasteiger partial charge in [0.25, 0.3) is 0 Å². The van der Waals surface area contributed by atoms with Gasteiger partial charge in [-0.1, -0.05) is 121 Å². The molecule has 0 aromatic heterocycles. The molecule has 0 spiro atoms. The molecule has 5 heteroatoms. The van der Waals surface area contributed by atoms with Gasteiger partial charge in [0.2, 0.25) is 0 Å². The molecule has 0 heterocycles. The second kappa shape index (κ2) is 13.2. The highest BCUT2D eigenvalue weighted by Crippen LogP contribution is 2.32. The van der Waals surface area contributed by atoms with Crippen LogP contribution in [-0.2, 0) is 4.79 Å². The van der Waals surface area contributed by atoms with Crippen molar-refractivity contribution in [2.45, 2.75) is 0 Å². The predicted molar refractivity (Wildman–Crippen MR) is 177 cm³/mol. The Labute approximate surface area is 255 Å². The van der Waals surface area contributed by atoms with Crippen LogP contribution < -0.4 is 4.90 Å². The van der Waals surface area contributed by atoms with Crippen LogP contribution in [0.5, 0.6) is 0 Å². The smallest absolute Gasteiger partial charge is 0.335 e. The van der Waals surface area contributed by atoms with Crippen LogP contribution in [0.2, 0.25) is 10.0 Å². The van der Waals surface area contributed by atoms with Gasteiger partial charge in [-0.3, -0.25) is 0 Å². The molecule has 0 bridgehead atoms. The first-order valence-corrected chi connectivity index (χ1v) is 14.0. The zero-order valence-corrected chi connectivity index (χ0v) is 24.1. The van der Waals surface area contributed by atoms with E-state index in [-0.39, 0.29) is 5.57 Å². The lowest BCUT2D eigenvalue weighted by atomic mass is 9.98. The van der Waals surface area contributed by atoms with Gasteiger partial charge >= 0.3 is 5.97 Å². The van der Waals surface area contributed by atoms with Crippen molar-refractivity contribution in [1.29, 1.82) is 0 Å². The maximum atomic E-state index is 11.2. The van der Waals surface area contributed by atoms with Crippen molar-refractivity contribution in [1.82, 2.24) is 0 Å². The number of nitrogens with zero attached hydrogens (tertiary/aromatic N) is 1. The third-order valence-electron chi connectivity index (χ3n) is 6.76. The first-order chi connectivity index (χ1) is 20.4. The molecule has 1 N–H and O–H groups in total. The molecule has 0 aliphatic carbocycles. The molecule has 0 radical (unpaired) electrons. The maximum absolute atomic E-state index is 11.2. The summed E-state index contributed by atoms with van der Waals surface area (Å²) in [6, 6.07) is 41.5. The van der Waals surface area contributed by atoms with E-state index in [1.165, 1.54) is 0 Å². The standard InChI is InChI=1S/C37H27Cl2NO2/c1-26(37(41)42)29-13-9-27(10-14-29)7-8-28-11-23-35(24-12-28)40(34-5-3-2-4-6-34)25-36(30-15-19-32(38)20-16-30)31-17-21-33(39)22-18-31/h2-25H,1H2,(H,41,42). The van der Waals surface area contributed by atoms with Crippen LogP contribution in [0, 0.1) is 0 Å². The number of carbonyl (C=O) groups is 1. The lowest BCUT2D eigenvalue weighted by molar-refractivity contribution is -0.130. The molecule has 5 aromatic rings. The number of aliphatic carboxylic acids is 1. The second-order valence-electron chi connectivity index (χ2n) is 9.59. The van der Waals surface area contributed by atoms with Gasteiger partial charge < -0.3 is 10.0 Å². The first-order valence-electron chi connectivity index (χ1n) is 13.3. The molecule has 0 saturated heterocycles. The molecule has 0 aliphatic rings. The number of para-hydroxylation sites is 1. The normalized spacial score (nSPS) is 10.8. The Kier molecular flexibility index (Phi) is 9.03. The molecule has 0 fully saturated rings. The van der Waals surface area contributed by atoms with E-state index in [1.54, 1.807) is 12.1 Å². The second-order valence-corrected chi connectivity index (χ2v) is 10.5. The number of benzene rings is 5. The van der Waals surface area contributed by atoms with Crippen molar-refractivity contribution in [2.24, 2.45) is 0 Å². The minimum atomic E-state index is -1.02. The topological polar surface area (TPSA) is 40.5 Å². The fourth-order valence-electron chi connectivity index (χ4n) is 4.45. The van der Waals surface area contributed by atoms with Crippen molar-refractivity contribution in [3.05, 3.63) is 178 Å². The monoisotopic (exact) mass is 587 g/mol. The van der Waals surface area contributed by atoms with Gasteiger partial charge in [0.1, 0.15) is 0 Å². The maximum Gasteiger partial charge on any atom is 0.335 e. The molecule has 5 rings (SSSR count). The van der Waals surface area contributed by atoms with Crippen LogP contribution in [-0.4, -0.2) is 11.1 Å². The zero-order valence-electron chi connectivity index (χ0n) is 22.6. The molecule has 0 saturated carbocycles. The molecule has 0 amide bonds. The quantitative estimate of drug-likeness (QED) is 0.138. The van der Waals surface area contributed by atoms with Gasteiger partial charge in [-0.15, -0.1) is 0 Å². The Bertz CT molecular complexity index is 1690. The zero-order chi connectivity index (χ0) is 29.5. The van der Waals surface area contributed by atoms with Crippen molar-refractivity contribution in [2.75, 3.05) is 4.90 Å². The number of carboxylic acids is 1. The van der Waals surface area contributed by atoms with Crippen LogP contribution in [0.15, 0.2) is 140 Å². The Morgan fingerprint density at radius 2 is 1.02 bits per heavy atom. The van der Waals surface area contributed by atoms with Gasteiger partial charge in [-0.25, -0.2) is 4.79 Å². The van der Waals surface area contributed by atoms with E-state index in [9.17, 15) is 4.79 Å². The van der Waals surface area contributed by atoms with E-state index >= 15 is 0 Å². The van der Waals surface area contributed by atoms with Gasteiger partial charge in [0.15, 0.2) is 0 Å². The molecule has 0 atom stereocenters. The number of hydrogen-bond donors (Lipinski definition) is 1. The predicted octanol–water partition coefficient (Wildman–Crippen LogP) is 10.5. The van der Waals surface area contributed by atoms with Gasteiger partial charge in [0, 0.05) is 33.2 Å². The van der Waals surface area contributed by atoms with Crippen LogP contribution in [0.3, 0.4) is 0 Å². The Hall–Kier alpha value is -4.83. The number of rotatable bonds is 9. The summed E-state index contributed by atoms with van der Waals surface area (Å²) < 4.78 is 0. The summed E-state index contributed by atoms with van der Waals surface area (Å²) in [6.45, 7) is 3.61. The van der Waals surface area contributed by atoms with Crippen molar-refractivity contribution in [3.63, 3.8) is 0 Å². The van der Waals surface area contributed by atoms with Crippen molar-refractivity contribution >= 4 is 63.8 Å². The number of hydrogen-bond acceptors (Lipinski definition) is 2. The highest BCUT2D eigenvalue weighted by molar-refractivity contribution is 6.31. The molecular weight excluding hydrogens is 561 g/mol. The highest BCUT2D eigenvalue weighted by atomic mass is 35.5. The third kappa shape index (κ3) is 7.08. The van der Waals surface area contributed by atoms with Crippen LogP contribution in [0.1, 0.15) is 27.8 Å². The summed E-state index contributed by atoms with van der Waals surface area (Å²) in [4.78, 5) is 13.3. The lowest BCUT2D eigenvalue weighted by Gasteiger charge is -2.23. The summed E-state index contributed by atoms with van der Waals surface area (Å²) in [6.07, 6.45) is 6.16. The van der Waals surface area contributed by atoms with Gasteiger partial charge in [0.05, 0.1) is 5.57 Å². The fourth-order valence-corrected chi connectivity index (χ4v) is 4.70. The summed E-state index contributed by atoms with van der Waals surface area (Å²) in [5, 5.41) is 10.5. The Balaban J connectivity index is 1.48.